The third kappa shape index (κ3) is 2.97. The van der Waals surface area contributed by atoms with Crippen LogP contribution in [0.5, 0.6) is 0 Å². The Morgan fingerprint density at radius 1 is 1.21 bits per heavy atom. The molecule has 0 amide bonds. The molecule has 0 spiro atoms. The first kappa shape index (κ1) is 14.8. The monoisotopic (exact) mass is 262 g/mol. The van der Waals surface area contributed by atoms with Crippen LogP contribution < -0.4 is 0 Å². The predicted octanol–water partition coefficient (Wildman–Crippen LogP) is 5.42. The van der Waals surface area contributed by atoms with Gasteiger partial charge in [0.1, 0.15) is 0 Å². The molecule has 1 saturated heterocycles. The third-order valence-electron chi connectivity index (χ3n) is 5.11. The largest absolute Gasteiger partial charge is 0.367 e. The van der Waals surface area contributed by atoms with Gasteiger partial charge in [0.05, 0.1) is 11.7 Å². The van der Waals surface area contributed by atoms with E-state index < -0.39 is 0 Å². The summed E-state index contributed by atoms with van der Waals surface area (Å²) in [5.74, 6) is 0.539. The standard InChI is InChI=1S/C18H30O/c1-5-6-7-8-13-18-16(4)14(2)9-11-17(18)12-10-15(3)19-18/h9,11,15-16H,5-8,10,12-13H2,1-4H3. The van der Waals surface area contributed by atoms with Crippen molar-refractivity contribution in [3.63, 3.8) is 0 Å². The summed E-state index contributed by atoms with van der Waals surface area (Å²) in [6, 6.07) is 0. The molecule has 3 unspecified atom stereocenters. The van der Waals surface area contributed by atoms with Gasteiger partial charge in [-0.25, -0.2) is 0 Å². The Balaban J connectivity index is 2.14. The Kier molecular flexibility index (Phi) is 4.89. The van der Waals surface area contributed by atoms with Crippen molar-refractivity contribution in [1.29, 1.82) is 0 Å². The van der Waals surface area contributed by atoms with E-state index in [4.69, 9.17) is 4.74 Å². The van der Waals surface area contributed by atoms with E-state index in [1.807, 2.05) is 0 Å². The zero-order valence-corrected chi connectivity index (χ0v) is 13.2. The summed E-state index contributed by atoms with van der Waals surface area (Å²) in [5, 5.41) is 0. The van der Waals surface area contributed by atoms with Gasteiger partial charge in [-0.2, -0.15) is 0 Å². The Bertz CT molecular complexity index is 366. The van der Waals surface area contributed by atoms with Crippen LogP contribution in [0.2, 0.25) is 0 Å². The third-order valence-corrected chi connectivity index (χ3v) is 5.11. The van der Waals surface area contributed by atoms with E-state index in [0.29, 0.717) is 12.0 Å². The molecule has 3 atom stereocenters. The lowest BCUT2D eigenvalue weighted by atomic mass is 9.69. The number of hydrogen-bond acceptors (Lipinski definition) is 1. The van der Waals surface area contributed by atoms with E-state index in [2.05, 4.69) is 39.8 Å². The highest BCUT2D eigenvalue weighted by Crippen LogP contribution is 2.47. The van der Waals surface area contributed by atoms with Crippen LogP contribution in [0.4, 0.5) is 0 Å². The van der Waals surface area contributed by atoms with Crippen molar-refractivity contribution in [3.8, 4) is 0 Å². The molecule has 0 aromatic rings. The van der Waals surface area contributed by atoms with Crippen LogP contribution in [-0.2, 0) is 4.74 Å². The van der Waals surface area contributed by atoms with Gasteiger partial charge in [0.2, 0.25) is 0 Å². The maximum atomic E-state index is 6.53. The van der Waals surface area contributed by atoms with Gasteiger partial charge >= 0.3 is 0 Å². The summed E-state index contributed by atoms with van der Waals surface area (Å²) in [4.78, 5) is 0. The molecule has 0 aromatic carbocycles. The minimum absolute atomic E-state index is 0.0181. The number of ether oxygens (including phenoxy) is 1. The fraction of sp³-hybridized carbons (Fsp3) is 0.778. The first-order valence-corrected chi connectivity index (χ1v) is 8.16. The molecule has 1 fully saturated rings. The number of hydrogen-bond donors (Lipinski definition) is 0. The van der Waals surface area contributed by atoms with Crippen molar-refractivity contribution in [3.05, 3.63) is 23.3 Å². The van der Waals surface area contributed by atoms with Gasteiger partial charge in [0.25, 0.3) is 0 Å². The molecule has 2 aliphatic rings. The molecule has 2 rings (SSSR count). The maximum absolute atomic E-state index is 6.53. The lowest BCUT2D eigenvalue weighted by Gasteiger charge is -2.48. The van der Waals surface area contributed by atoms with E-state index in [0.717, 1.165) is 0 Å². The van der Waals surface area contributed by atoms with Crippen molar-refractivity contribution < 1.29 is 4.74 Å². The van der Waals surface area contributed by atoms with Crippen LogP contribution in [0.15, 0.2) is 23.3 Å². The first-order chi connectivity index (χ1) is 9.10. The van der Waals surface area contributed by atoms with Crippen LogP contribution in [0.25, 0.3) is 0 Å². The Morgan fingerprint density at radius 3 is 2.74 bits per heavy atom. The molecule has 0 radical (unpaired) electrons. The molecule has 0 bridgehead atoms. The number of allylic oxidation sites excluding steroid dienone is 2. The second-order valence-corrected chi connectivity index (χ2v) is 6.49. The van der Waals surface area contributed by atoms with Crippen LogP contribution in [0.3, 0.4) is 0 Å². The highest BCUT2D eigenvalue weighted by atomic mass is 16.5. The average Bonchev–Trinajstić information content (AvgIpc) is 2.40. The number of fused-ring (bicyclic) bond motifs is 1. The summed E-state index contributed by atoms with van der Waals surface area (Å²) in [5.41, 5.74) is 3.05. The van der Waals surface area contributed by atoms with E-state index >= 15 is 0 Å². The van der Waals surface area contributed by atoms with Gasteiger partial charge < -0.3 is 4.74 Å². The minimum Gasteiger partial charge on any atom is -0.367 e. The zero-order valence-electron chi connectivity index (χ0n) is 13.2. The van der Waals surface area contributed by atoms with E-state index in [-0.39, 0.29) is 5.60 Å². The van der Waals surface area contributed by atoms with E-state index in [1.165, 1.54) is 50.5 Å². The molecular weight excluding hydrogens is 232 g/mol. The summed E-state index contributed by atoms with van der Waals surface area (Å²) in [6.07, 6.45) is 14.0. The molecule has 0 aromatic heterocycles. The van der Waals surface area contributed by atoms with Gasteiger partial charge in [-0.1, -0.05) is 57.3 Å². The molecule has 1 heterocycles. The molecule has 108 valence electrons. The summed E-state index contributed by atoms with van der Waals surface area (Å²) in [6.45, 7) is 9.13. The molecule has 1 nitrogen and oxygen atoms in total. The molecular formula is C18H30O. The first-order valence-electron chi connectivity index (χ1n) is 8.16. The lowest BCUT2D eigenvalue weighted by molar-refractivity contribution is -0.114. The van der Waals surface area contributed by atoms with Crippen molar-refractivity contribution in [2.45, 2.75) is 84.3 Å². The van der Waals surface area contributed by atoms with Gasteiger partial charge in [0.15, 0.2) is 0 Å². The van der Waals surface area contributed by atoms with Crippen molar-refractivity contribution in [2.24, 2.45) is 5.92 Å². The van der Waals surface area contributed by atoms with Gasteiger partial charge in [-0.3, -0.25) is 0 Å². The fourth-order valence-electron chi connectivity index (χ4n) is 3.66. The number of unbranched alkanes of at least 4 members (excludes halogenated alkanes) is 3. The molecule has 19 heavy (non-hydrogen) atoms. The summed E-state index contributed by atoms with van der Waals surface area (Å²) < 4.78 is 6.53. The van der Waals surface area contributed by atoms with Crippen molar-refractivity contribution >= 4 is 0 Å². The Labute approximate surface area is 119 Å². The van der Waals surface area contributed by atoms with Gasteiger partial charge in [0, 0.05) is 5.92 Å². The highest BCUT2D eigenvalue weighted by Gasteiger charge is 2.45. The smallest absolute Gasteiger partial charge is 0.0960 e. The van der Waals surface area contributed by atoms with E-state index in [9.17, 15) is 0 Å². The number of rotatable bonds is 5. The summed E-state index contributed by atoms with van der Waals surface area (Å²) in [7, 11) is 0. The van der Waals surface area contributed by atoms with Crippen LogP contribution in [-0.4, -0.2) is 11.7 Å². The topological polar surface area (TPSA) is 9.23 Å². The van der Waals surface area contributed by atoms with Gasteiger partial charge in [-0.15, -0.1) is 0 Å². The Morgan fingerprint density at radius 2 is 2.00 bits per heavy atom. The Hall–Kier alpha value is -0.560. The van der Waals surface area contributed by atoms with Crippen molar-refractivity contribution in [2.75, 3.05) is 0 Å². The molecule has 1 aliphatic heterocycles. The fourth-order valence-corrected chi connectivity index (χ4v) is 3.66. The quantitative estimate of drug-likeness (QED) is 0.601. The second-order valence-electron chi connectivity index (χ2n) is 6.49. The van der Waals surface area contributed by atoms with Crippen molar-refractivity contribution in [1.82, 2.24) is 0 Å². The van der Waals surface area contributed by atoms with Crippen LogP contribution in [0, 0.1) is 5.92 Å². The molecule has 1 aliphatic carbocycles. The van der Waals surface area contributed by atoms with E-state index in [1.54, 1.807) is 5.57 Å². The minimum atomic E-state index is 0.0181. The lowest BCUT2D eigenvalue weighted by Crippen LogP contribution is -2.48. The highest BCUT2D eigenvalue weighted by molar-refractivity contribution is 5.36. The summed E-state index contributed by atoms with van der Waals surface area (Å²) >= 11 is 0. The normalized spacial score (nSPS) is 34.5. The molecule has 0 saturated carbocycles. The average molecular weight is 262 g/mol. The zero-order chi connectivity index (χ0) is 13.9. The molecule has 0 N–H and O–H groups in total. The van der Waals surface area contributed by atoms with Gasteiger partial charge in [-0.05, 0) is 38.7 Å². The molecule has 1 heteroatoms. The van der Waals surface area contributed by atoms with Crippen LogP contribution >= 0.6 is 0 Å². The SMILES string of the molecule is CCCCCCC12OC(C)CCC1=CC=C(C)C2C. The van der Waals surface area contributed by atoms with Crippen LogP contribution in [0.1, 0.15) is 72.6 Å². The second kappa shape index (κ2) is 6.26. The maximum Gasteiger partial charge on any atom is 0.0960 e. The predicted molar refractivity (Wildman–Crippen MR) is 82.3 cm³/mol.